The number of aromatic nitrogens is 2. The van der Waals surface area contributed by atoms with Gasteiger partial charge in [-0.25, -0.2) is 4.98 Å². The lowest BCUT2D eigenvalue weighted by Gasteiger charge is -2.34. The van der Waals surface area contributed by atoms with Crippen LogP contribution >= 0.6 is 0 Å². The van der Waals surface area contributed by atoms with Crippen LogP contribution in [0.4, 0.5) is 0 Å². The Labute approximate surface area is 204 Å². The van der Waals surface area contributed by atoms with E-state index in [9.17, 15) is 14.7 Å². The van der Waals surface area contributed by atoms with Crippen LogP contribution in [0.15, 0.2) is 23.3 Å². The van der Waals surface area contributed by atoms with Crippen LogP contribution in [0.3, 0.4) is 0 Å². The van der Waals surface area contributed by atoms with E-state index in [2.05, 4.69) is 20.9 Å². The molecule has 1 saturated heterocycles. The number of aliphatic hydroxyl groups is 1. The molecular weight excluding hydrogens is 454 g/mol. The zero-order chi connectivity index (χ0) is 25.6. The zero-order valence-corrected chi connectivity index (χ0v) is 20.7. The topological polar surface area (TPSA) is 130 Å². The van der Waals surface area contributed by atoms with Crippen LogP contribution in [-0.2, 0) is 16.3 Å². The molecule has 0 saturated carbocycles. The summed E-state index contributed by atoms with van der Waals surface area (Å²) < 4.78 is 17.7. The molecule has 2 aromatic rings. The molecule has 1 aliphatic rings. The summed E-state index contributed by atoms with van der Waals surface area (Å²) in [6, 6.07) is 5.28. The van der Waals surface area contributed by atoms with Gasteiger partial charge in [-0.3, -0.25) is 24.0 Å². The fourth-order valence-electron chi connectivity index (χ4n) is 3.64. The molecule has 0 aliphatic carbocycles. The fraction of sp³-hybridized carbons (Fsp3) is 0.583. The number of β-amino-alcohol motifs (C(OH)–C–C–N with tert-alkyl or cyclic N) is 1. The van der Waals surface area contributed by atoms with Gasteiger partial charge in [-0.15, -0.1) is 0 Å². The number of hydrogen-bond donors (Lipinski definition) is 1. The molecule has 0 amide bonds. The number of rotatable bonds is 9. The third-order valence-electron chi connectivity index (χ3n) is 5.72. The van der Waals surface area contributed by atoms with Crippen molar-refractivity contribution in [2.24, 2.45) is 5.41 Å². The summed E-state index contributed by atoms with van der Waals surface area (Å²) in [7, 11) is 1.46. The number of nitrogens with zero attached hydrogens (tertiary/aromatic N) is 5. The molecule has 1 aliphatic heterocycles. The Kier molecular flexibility index (Phi) is 8.67. The second kappa shape index (κ2) is 11.5. The lowest BCUT2D eigenvalue weighted by Crippen LogP contribution is -2.49. The standard InChI is InChI=1S/C24H33N5O6/c1-24(2,3)23(32)35-16-29-15-26-19-12-21(20(33-4)11-18(19)22(29)31)34-14-17(30)13-28-9-7-27(6-5-25)8-10-28/h11-12,15,17,30H,6-10,13-14,16H2,1-4H3. The summed E-state index contributed by atoms with van der Waals surface area (Å²) in [4.78, 5) is 33.4. The minimum absolute atomic E-state index is 0.0418. The number of hydrogen-bond acceptors (Lipinski definition) is 10. The number of nitriles is 1. The van der Waals surface area contributed by atoms with Crippen LogP contribution in [0.1, 0.15) is 20.8 Å². The van der Waals surface area contributed by atoms with E-state index in [0.29, 0.717) is 35.5 Å². The molecular formula is C24H33N5O6. The summed E-state index contributed by atoms with van der Waals surface area (Å²) in [5.74, 6) is 0.272. The molecule has 1 unspecified atom stereocenters. The number of benzene rings is 1. The van der Waals surface area contributed by atoms with Crippen molar-refractivity contribution >= 4 is 16.9 Å². The molecule has 1 atom stereocenters. The summed E-state index contributed by atoms with van der Waals surface area (Å²) in [6.07, 6.45) is 0.592. The van der Waals surface area contributed by atoms with E-state index in [4.69, 9.17) is 19.5 Å². The van der Waals surface area contributed by atoms with Gasteiger partial charge in [0.05, 0.1) is 36.0 Å². The molecule has 11 heteroatoms. The number of aliphatic hydroxyl groups excluding tert-OH is 1. The molecule has 1 aromatic heterocycles. The highest BCUT2D eigenvalue weighted by atomic mass is 16.5. The van der Waals surface area contributed by atoms with Crippen molar-refractivity contribution in [2.75, 3.05) is 53.0 Å². The van der Waals surface area contributed by atoms with Crippen LogP contribution < -0.4 is 15.0 Å². The van der Waals surface area contributed by atoms with Gasteiger partial charge in [-0.2, -0.15) is 5.26 Å². The van der Waals surface area contributed by atoms with Crippen LogP contribution in [0.5, 0.6) is 11.5 Å². The van der Waals surface area contributed by atoms with E-state index >= 15 is 0 Å². The maximum atomic E-state index is 12.9. The second-order valence-electron chi connectivity index (χ2n) is 9.55. The molecule has 2 heterocycles. The highest BCUT2D eigenvalue weighted by molar-refractivity contribution is 5.81. The zero-order valence-electron chi connectivity index (χ0n) is 20.7. The molecule has 1 N–H and O–H groups in total. The first-order valence-electron chi connectivity index (χ1n) is 11.5. The van der Waals surface area contributed by atoms with Crippen molar-refractivity contribution < 1.29 is 24.1 Å². The van der Waals surface area contributed by atoms with Crippen molar-refractivity contribution in [2.45, 2.75) is 33.6 Å². The van der Waals surface area contributed by atoms with Gasteiger partial charge in [0, 0.05) is 38.8 Å². The van der Waals surface area contributed by atoms with Crippen molar-refractivity contribution in [3.05, 3.63) is 28.8 Å². The third-order valence-corrected chi connectivity index (χ3v) is 5.72. The van der Waals surface area contributed by atoms with E-state index < -0.39 is 17.5 Å². The first kappa shape index (κ1) is 26.4. The number of carbonyl (C=O) groups excluding carboxylic acids is 1. The Morgan fingerprint density at radius 3 is 2.51 bits per heavy atom. The SMILES string of the molecule is COc1cc2c(=O)n(COC(=O)C(C)(C)C)cnc2cc1OCC(O)CN1CCN(CC#N)CC1. The highest BCUT2D eigenvalue weighted by Gasteiger charge is 2.23. The molecule has 3 rings (SSSR count). The molecule has 1 aromatic carbocycles. The first-order valence-corrected chi connectivity index (χ1v) is 11.5. The molecule has 1 fully saturated rings. The van der Waals surface area contributed by atoms with Crippen LogP contribution in [0.2, 0.25) is 0 Å². The average molecular weight is 488 g/mol. The molecule has 0 bridgehead atoms. The lowest BCUT2D eigenvalue weighted by molar-refractivity contribution is -0.157. The van der Waals surface area contributed by atoms with E-state index in [1.165, 1.54) is 24.1 Å². The van der Waals surface area contributed by atoms with E-state index in [0.717, 1.165) is 26.2 Å². The summed E-state index contributed by atoms with van der Waals surface area (Å²) in [6.45, 7) is 9.00. The summed E-state index contributed by atoms with van der Waals surface area (Å²) in [5.41, 5.74) is -0.663. The quantitative estimate of drug-likeness (QED) is 0.401. The van der Waals surface area contributed by atoms with Gasteiger partial charge in [0.1, 0.15) is 19.0 Å². The number of ether oxygens (including phenoxy) is 3. The molecule has 190 valence electrons. The van der Waals surface area contributed by atoms with Gasteiger partial charge in [0.25, 0.3) is 5.56 Å². The van der Waals surface area contributed by atoms with E-state index in [1.54, 1.807) is 26.8 Å². The van der Waals surface area contributed by atoms with Crippen molar-refractivity contribution in [1.82, 2.24) is 19.4 Å². The minimum atomic E-state index is -0.726. The Bertz CT molecular complexity index is 1130. The second-order valence-corrected chi connectivity index (χ2v) is 9.55. The van der Waals surface area contributed by atoms with E-state index in [-0.39, 0.29) is 18.9 Å². The van der Waals surface area contributed by atoms with Crippen molar-refractivity contribution in [3.63, 3.8) is 0 Å². The first-order chi connectivity index (χ1) is 16.6. The number of piperazine rings is 1. The van der Waals surface area contributed by atoms with Gasteiger partial charge < -0.3 is 19.3 Å². The van der Waals surface area contributed by atoms with E-state index in [1.807, 2.05) is 0 Å². The molecule has 35 heavy (non-hydrogen) atoms. The smallest absolute Gasteiger partial charge is 0.312 e. The van der Waals surface area contributed by atoms with Gasteiger partial charge >= 0.3 is 5.97 Å². The third kappa shape index (κ3) is 6.91. The Morgan fingerprint density at radius 1 is 1.20 bits per heavy atom. The van der Waals surface area contributed by atoms with Gasteiger partial charge in [-0.05, 0) is 26.8 Å². The van der Waals surface area contributed by atoms with Crippen molar-refractivity contribution in [3.8, 4) is 17.6 Å². The Morgan fingerprint density at radius 2 is 1.89 bits per heavy atom. The van der Waals surface area contributed by atoms with Crippen LogP contribution in [0.25, 0.3) is 10.9 Å². The lowest BCUT2D eigenvalue weighted by atomic mass is 9.98. The normalized spacial score (nSPS) is 16.0. The molecule has 0 radical (unpaired) electrons. The molecule has 11 nitrogen and oxygen atoms in total. The maximum Gasteiger partial charge on any atom is 0.312 e. The van der Waals surface area contributed by atoms with Gasteiger partial charge in [-0.1, -0.05) is 0 Å². The van der Waals surface area contributed by atoms with Crippen LogP contribution in [0, 0.1) is 16.7 Å². The fourth-order valence-corrected chi connectivity index (χ4v) is 3.64. The predicted octanol–water partition coefficient (Wildman–Crippen LogP) is 0.833. The average Bonchev–Trinajstić information content (AvgIpc) is 2.82. The number of fused-ring (bicyclic) bond motifs is 1. The van der Waals surface area contributed by atoms with Crippen LogP contribution in [-0.4, -0.2) is 89.5 Å². The summed E-state index contributed by atoms with van der Waals surface area (Å²) in [5, 5.41) is 19.6. The predicted molar refractivity (Wildman–Crippen MR) is 128 cm³/mol. The van der Waals surface area contributed by atoms with Gasteiger partial charge in [0.15, 0.2) is 18.2 Å². The van der Waals surface area contributed by atoms with Crippen molar-refractivity contribution in [1.29, 1.82) is 5.26 Å². The largest absolute Gasteiger partial charge is 0.493 e. The van der Waals surface area contributed by atoms with Gasteiger partial charge in [0.2, 0.25) is 0 Å². The Hall–Kier alpha value is -3.20. The number of esters is 1. The molecule has 0 spiro atoms. The maximum absolute atomic E-state index is 12.9. The number of methoxy groups -OCH3 is 1. The Balaban J connectivity index is 1.64. The monoisotopic (exact) mass is 487 g/mol. The highest BCUT2D eigenvalue weighted by Crippen LogP contribution is 2.30. The minimum Gasteiger partial charge on any atom is -0.493 e. The summed E-state index contributed by atoms with van der Waals surface area (Å²) >= 11 is 0. The number of carbonyl (C=O) groups is 1.